The number of aliphatic imine (C=N–C) groups is 2. The number of aliphatic hydroxyl groups is 1. The van der Waals surface area contributed by atoms with Crippen LogP contribution < -0.4 is 0 Å². The molecule has 0 aromatic heterocycles. The Morgan fingerprint density at radius 2 is 2.33 bits per heavy atom. The van der Waals surface area contributed by atoms with E-state index in [1.54, 1.807) is 18.5 Å². The molecule has 0 aliphatic carbocycles. The Hall–Kier alpha value is -1.22. The molecule has 0 saturated carbocycles. The van der Waals surface area contributed by atoms with Crippen LogP contribution in [-0.2, 0) is 0 Å². The zero-order valence-corrected chi connectivity index (χ0v) is 7.27. The second-order valence-electron chi connectivity index (χ2n) is 1.99. The van der Waals surface area contributed by atoms with Crippen molar-refractivity contribution < 1.29 is 5.11 Å². The first-order chi connectivity index (χ1) is 5.85. The van der Waals surface area contributed by atoms with Crippen molar-refractivity contribution in [2.24, 2.45) is 9.98 Å². The van der Waals surface area contributed by atoms with Crippen molar-refractivity contribution in [3.8, 4) is 0 Å². The van der Waals surface area contributed by atoms with Crippen molar-refractivity contribution in [1.29, 1.82) is 0 Å². The maximum Gasteiger partial charge on any atom is 0.0765 e. The lowest BCUT2D eigenvalue weighted by Gasteiger charge is -1.89. The SMILES string of the molecule is C=CC=N/C(C=NCCO)=C\C. The van der Waals surface area contributed by atoms with E-state index in [0.717, 1.165) is 5.70 Å². The summed E-state index contributed by atoms with van der Waals surface area (Å²) < 4.78 is 0. The van der Waals surface area contributed by atoms with Crippen LogP contribution in [0.1, 0.15) is 6.92 Å². The van der Waals surface area contributed by atoms with E-state index >= 15 is 0 Å². The number of hydrogen-bond acceptors (Lipinski definition) is 3. The third kappa shape index (κ3) is 5.56. The maximum absolute atomic E-state index is 8.44. The van der Waals surface area contributed by atoms with E-state index < -0.39 is 0 Å². The molecule has 0 aliphatic heterocycles. The van der Waals surface area contributed by atoms with Gasteiger partial charge in [-0.05, 0) is 6.92 Å². The Labute approximate surface area is 72.9 Å². The molecule has 0 aliphatic rings. The van der Waals surface area contributed by atoms with Crippen LogP contribution >= 0.6 is 0 Å². The van der Waals surface area contributed by atoms with Gasteiger partial charge in [0.15, 0.2) is 0 Å². The molecule has 0 atom stereocenters. The fourth-order valence-electron chi connectivity index (χ4n) is 0.537. The second-order valence-corrected chi connectivity index (χ2v) is 1.99. The predicted octanol–water partition coefficient (Wildman–Crippen LogP) is 1.21. The molecule has 1 N–H and O–H groups in total. The van der Waals surface area contributed by atoms with Crippen molar-refractivity contribution in [2.45, 2.75) is 6.92 Å². The highest BCUT2D eigenvalue weighted by Gasteiger charge is 1.82. The molecule has 0 aromatic carbocycles. The molecular formula is C9H14N2O. The molecule has 0 amide bonds. The standard InChI is InChI=1S/C9H14N2O/c1-3-5-11-9(4-2)8-10-6-7-12/h3-5,8,12H,1,6-7H2,2H3/b9-4-,10-8?,11-5?. The second kappa shape index (κ2) is 7.88. The quantitative estimate of drug-likeness (QED) is 0.613. The summed E-state index contributed by atoms with van der Waals surface area (Å²) in [7, 11) is 0. The van der Waals surface area contributed by atoms with Crippen LogP contribution in [0.15, 0.2) is 34.4 Å². The highest BCUT2D eigenvalue weighted by atomic mass is 16.3. The minimum absolute atomic E-state index is 0.0681. The van der Waals surface area contributed by atoms with Gasteiger partial charge in [-0.2, -0.15) is 0 Å². The van der Waals surface area contributed by atoms with E-state index in [4.69, 9.17) is 5.11 Å². The van der Waals surface area contributed by atoms with Crippen LogP contribution in [0.2, 0.25) is 0 Å². The highest BCUT2D eigenvalue weighted by molar-refractivity contribution is 5.83. The average Bonchev–Trinajstić information content (AvgIpc) is 2.11. The monoisotopic (exact) mass is 166 g/mol. The molecule has 0 aromatic rings. The summed E-state index contributed by atoms with van der Waals surface area (Å²) in [4.78, 5) is 7.94. The molecule has 66 valence electrons. The summed E-state index contributed by atoms with van der Waals surface area (Å²) in [5.74, 6) is 0. The van der Waals surface area contributed by atoms with Gasteiger partial charge in [0.05, 0.1) is 18.8 Å². The van der Waals surface area contributed by atoms with Crippen LogP contribution in [0, 0.1) is 0 Å². The Morgan fingerprint density at radius 3 is 2.83 bits per heavy atom. The lowest BCUT2D eigenvalue weighted by molar-refractivity contribution is 0.307. The summed E-state index contributed by atoms with van der Waals surface area (Å²) in [6.45, 7) is 5.86. The van der Waals surface area contributed by atoms with Gasteiger partial charge < -0.3 is 5.11 Å². The molecular weight excluding hydrogens is 152 g/mol. The van der Waals surface area contributed by atoms with Crippen LogP contribution in [0.5, 0.6) is 0 Å². The van der Waals surface area contributed by atoms with Crippen molar-refractivity contribution >= 4 is 12.4 Å². The average molecular weight is 166 g/mol. The van der Waals surface area contributed by atoms with Gasteiger partial charge in [-0.25, -0.2) is 0 Å². The third-order valence-corrected chi connectivity index (χ3v) is 1.08. The van der Waals surface area contributed by atoms with Gasteiger partial charge in [0, 0.05) is 12.4 Å². The fraction of sp³-hybridized carbons (Fsp3) is 0.333. The van der Waals surface area contributed by atoms with Gasteiger partial charge in [-0.15, -0.1) is 0 Å². The van der Waals surface area contributed by atoms with Crippen LogP contribution in [0.3, 0.4) is 0 Å². The smallest absolute Gasteiger partial charge is 0.0765 e. The van der Waals surface area contributed by atoms with E-state index in [9.17, 15) is 0 Å². The normalized spacial score (nSPS) is 13.0. The zero-order chi connectivity index (χ0) is 9.23. The number of rotatable bonds is 5. The van der Waals surface area contributed by atoms with Crippen molar-refractivity contribution in [2.75, 3.05) is 13.2 Å². The molecule has 0 fully saturated rings. The Kier molecular flexibility index (Phi) is 7.08. The van der Waals surface area contributed by atoms with E-state index in [1.807, 2.05) is 13.0 Å². The maximum atomic E-state index is 8.44. The first kappa shape index (κ1) is 10.8. The van der Waals surface area contributed by atoms with Crippen LogP contribution in [0.4, 0.5) is 0 Å². The molecule has 3 heteroatoms. The molecule has 0 bridgehead atoms. The Morgan fingerprint density at radius 1 is 1.58 bits per heavy atom. The molecule has 12 heavy (non-hydrogen) atoms. The fourth-order valence-corrected chi connectivity index (χ4v) is 0.537. The lowest BCUT2D eigenvalue weighted by atomic mass is 10.4. The number of hydrogen-bond donors (Lipinski definition) is 1. The van der Waals surface area contributed by atoms with Gasteiger partial charge in [0.2, 0.25) is 0 Å². The van der Waals surface area contributed by atoms with Crippen molar-refractivity contribution in [1.82, 2.24) is 0 Å². The zero-order valence-electron chi connectivity index (χ0n) is 7.27. The van der Waals surface area contributed by atoms with Gasteiger partial charge in [-0.3, -0.25) is 9.98 Å². The summed E-state index contributed by atoms with van der Waals surface area (Å²) in [6.07, 6.45) is 6.65. The molecule has 3 nitrogen and oxygen atoms in total. The number of allylic oxidation sites excluding steroid dienone is 3. The Balaban J connectivity index is 4.01. The predicted molar refractivity (Wildman–Crippen MR) is 52.9 cm³/mol. The van der Waals surface area contributed by atoms with Gasteiger partial charge in [0.25, 0.3) is 0 Å². The largest absolute Gasteiger partial charge is 0.394 e. The number of aliphatic hydroxyl groups excluding tert-OH is 1. The van der Waals surface area contributed by atoms with Gasteiger partial charge >= 0.3 is 0 Å². The summed E-state index contributed by atoms with van der Waals surface area (Å²) in [5.41, 5.74) is 0.767. The van der Waals surface area contributed by atoms with Crippen LogP contribution in [-0.4, -0.2) is 30.7 Å². The summed E-state index contributed by atoms with van der Waals surface area (Å²) in [5, 5.41) is 8.44. The molecule has 0 saturated heterocycles. The van der Waals surface area contributed by atoms with Crippen molar-refractivity contribution in [3.63, 3.8) is 0 Å². The van der Waals surface area contributed by atoms with Crippen LogP contribution in [0.25, 0.3) is 0 Å². The first-order valence-corrected chi connectivity index (χ1v) is 3.77. The lowest BCUT2D eigenvalue weighted by Crippen LogP contribution is -1.89. The Bertz CT molecular complexity index is 205. The van der Waals surface area contributed by atoms with Gasteiger partial charge in [0.1, 0.15) is 0 Å². The topological polar surface area (TPSA) is 45.0 Å². The molecule has 0 rings (SSSR count). The van der Waals surface area contributed by atoms with E-state index in [0.29, 0.717) is 6.54 Å². The van der Waals surface area contributed by atoms with Crippen molar-refractivity contribution in [3.05, 3.63) is 24.4 Å². The van der Waals surface area contributed by atoms with E-state index in [-0.39, 0.29) is 6.61 Å². The molecule has 0 radical (unpaired) electrons. The molecule has 0 spiro atoms. The van der Waals surface area contributed by atoms with Gasteiger partial charge in [-0.1, -0.05) is 18.7 Å². The summed E-state index contributed by atoms with van der Waals surface area (Å²) >= 11 is 0. The number of nitrogens with zero attached hydrogens (tertiary/aromatic N) is 2. The highest BCUT2D eigenvalue weighted by Crippen LogP contribution is 1.90. The third-order valence-electron chi connectivity index (χ3n) is 1.08. The minimum Gasteiger partial charge on any atom is -0.394 e. The molecule has 0 unspecified atom stereocenters. The van der Waals surface area contributed by atoms with E-state index in [2.05, 4.69) is 16.6 Å². The molecule has 0 heterocycles. The van der Waals surface area contributed by atoms with E-state index in [1.165, 1.54) is 0 Å². The first-order valence-electron chi connectivity index (χ1n) is 3.77. The summed E-state index contributed by atoms with van der Waals surface area (Å²) in [6, 6.07) is 0. The minimum atomic E-state index is 0.0681.